The summed E-state index contributed by atoms with van der Waals surface area (Å²) in [4.78, 5) is 23.2. The maximum atomic E-state index is 12.1. The lowest BCUT2D eigenvalue weighted by Crippen LogP contribution is -2.23. The van der Waals surface area contributed by atoms with E-state index in [1.165, 1.54) is 6.20 Å². The minimum atomic E-state index is -0.535. The minimum Gasteiger partial charge on any atom is -0.465 e. The summed E-state index contributed by atoms with van der Waals surface area (Å²) in [6.45, 7) is 5.71. The molecule has 116 valence electrons. The zero-order valence-electron chi connectivity index (χ0n) is 12.9. The van der Waals surface area contributed by atoms with Crippen LogP contribution in [0.25, 0.3) is 0 Å². The van der Waals surface area contributed by atoms with Gasteiger partial charge < -0.3 is 15.4 Å². The number of benzene rings is 1. The number of carbonyl (C=O) groups excluding carboxylic acids is 2. The van der Waals surface area contributed by atoms with Gasteiger partial charge >= 0.3 is 5.97 Å². The highest BCUT2D eigenvalue weighted by molar-refractivity contribution is 6.06. The Morgan fingerprint density at radius 3 is 2.73 bits per heavy atom. The Hall–Kier alpha value is -2.81. The second-order valence-corrected chi connectivity index (χ2v) is 4.56. The average molecular weight is 301 g/mol. The molecule has 6 nitrogen and oxygen atoms in total. The Bertz CT molecular complexity index is 630. The lowest BCUT2D eigenvalue weighted by molar-refractivity contribution is -0.141. The summed E-state index contributed by atoms with van der Waals surface area (Å²) in [5, 5.41) is 14.3. The van der Waals surface area contributed by atoms with Gasteiger partial charge in [-0.05, 0) is 38.0 Å². The summed E-state index contributed by atoms with van der Waals surface area (Å²) in [6.07, 6.45) is 1.21. The molecular formula is C16H19N3O3. The number of ether oxygens (including phenoxy) is 1. The third-order valence-corrected chi connectivity index (χ3v) is 3.02. The molecule has 0 aliphatic carbocycles. The van der Waals surface area contributed by atoms with E-state index in [-0.39, 0.29) is 18.7 Å². The van der Waals surface area contributed by atoms with Crippen LogP contribution in [-0.4, -0.2) is 25.0 Å². The number of anilines is 1. The summed E-state index contributed by atoms with van der Waals surface area (Å²) in [7, 11) is 0. The van der Waals surface area contributed by atoms with Crippen molar-refractivity contribution in [1.29, 1.82) is 5.26 Å². The number of amides is 1. The molecule has 2 N–H and O–H groups in total. The molecule has 0 spiro atoms. The van der Waals surface area contributed by atoms with E-state index in [4.69, 9.17) is 10.00 Å². The predicted octanol–water partition coefficient (Wildman–Crippen LogP) is 1.80. The van der Waals surface area contributed by atoms with Crippen molar-refractivity contribution in [3.63, 3.8) is 0 Å². The van der Waals surface area contributed by atoms with Crippen LogP contribution in [0.3, 0.4) is 0 Å². The molecule has 1 aromatic carbocycles. The van der Waals surface area contributed by atoms with Crippen LogP contribution in [-0.2, 0) is 14.3 Å². The first kappa shape index (κ1) is 17.2. The largest absolute Gasteiger partial charge is 0.465 e. The summed E-state index contributed by atoms with van der Waals surface area (Å²) in [6, 6.07) is 7.33. The molecule has 0 bridgehead atoms. The molecule has 0 radical (unpaired) electrons. The number of nitriles is 1. The third-order valence-electron chi connectivity index (χ3n) is 3.02. The maximum Gasteiger partial charge on any atom is 0.325 e. The fourth-order valence-corrected chi connectivity index (χ4v) is 1.67. The molecule has 0 atom stereocenters. The van der Waals surface area contributed by atoms with E-state index in [0.717, 1.165) is 11.1 Å². The molecule has 6 heteroatoms. The number of hydrogen-bond acceptors (Lipinski definition) is 5. The number of aryl methyl sites for hydroxylation is 1. The van der Waals surface area contributed by atoms with Gasteiger partial charge in [0, 0.05) is 11.9 Å². The van der Waals surface area contributed by atoms with Gasteiger partial charge in [0.2, 0.25) is 0 Å². The van der Waals surface area contributed by atoms with Crippen molar-refractivity contribution in [3.05, 3.63) is 41.1 Å². The second kappa shape index (κ2) is 8.47. The van der Waals surface area contributed by atoms with Crippen LogP contribution in [0.1, 0.15) is 18.1 Å². The topological polar surface area (TPSA) is 91.2 Å². The number of rotatable bonds is 6. The Balaban J connectivity index is 2.71. The second-order valence-electron chi connectivity index (χ2n) is 4.56. The van der Waals surface area contributed by atoms with E-state index in [0.29, 0.717) is 5.69 Å². The predicted molar refractivity (Wildman–Crippen MR) is 82.9 cm³/mol. The molecule has 1 aromatic rings. The van der Waals surface area contributed by atoms with Crippen LogP contribution in [0.15, 0.2) is 30.0 Å². The van der Waals surface area contributed by atoms with E-state index in [1.54, 1.807) is 19.1 Å². The lowest BCUT2D eigenvalue weighted by Gasteiger charge is -2.10. The minimum absolute atomic E-state index is 0.101. The molecule has 0 unspecified atom stereocenters. The van der Waals surface area contributed by atoms with Gasteiger partial charge in [0.25, 0.3) is 5.91 Å². The molecule has 0 saturated heterocycles. The fraction of sp³-hybridized carbons (Fsp3) is 0.312. The van der Waals surface area contributed by atoms with Gasteiger partial charge in [0.1, 0.15) is 18.2 Å². The van der Waals surface area contributed by atoms with Gasteiger partial charge in [0.15, 0.2) is 0 Å². The van der Waals surface area contributed by atoms with Crippen molar-refractivity contribution in [2.75, 3.05) is 18.5 Å². The molecule has 22 heavy (non-hydrogen) atoms. The van der Waals surface area contributed by atoms with Crippen LogP contribution in [0.4, 0.5) is 5.69 Å². The van der Waals surface area contributed by atoms with Crippen LogP contribution < -0.4 is 10.6 Å². The number of nitrogens with one attached hydrogen (secondary N) is 2. The Morgan fingerprint density at radius 1 is 1.36 bits per heavy atom. The highest BCUT2D eigenvalue weighted by atomic mass is 16.5. The summed E-state index contributed by atoms with van der Waals surface area (Å²) in [5.74, 6) is -0.987. The zero-order chi connectivity index (χ0) is 16.5. The van der Waals surface area contributed by atoms with Crippen LogP contribution >= 0.6 is 0 Å². The first-order chi connectivity index (χ1) is 10.5. The molecule has 1 amide bonds. The Morgan fingerprint density at radius 2 is 2.09 bits per heavy atom. The molecular weight excluding hydrogens is 282 g/mol. The van der Waals surface area contributed by atoms with Crippen molar-refractivity contribution in [3.8, 4) is 6.07 Å². The number of esters is 1. The van der Waals surface area contributed by atoms with Crippen LogP contribution in [0.2, 0.25) is 0 Å². The fourth-order valence-electron chi connectivity index (χ4n) is 1.67. The molecule has 0 aromatic heterocycles. The molecule has 0 aliphatic rings. The van der Waals surface area contributed by atoms with Gasteiger partial charge in [0.05, 0.1) is 6.61 Å². The monoisotopic (exact) mass is 301 g/mol. The van der Waals surface area contributed by atoms with Crippen LogP contribution in [0, 0.1) is 25.2 Å². The van der Waals surface area contributed by atoms with Crippen molar-refractivity contribution in [2.45, 2.75) is 20.8 Å². The Kier molecular flexibility index (Phi) is 6.64. The zero-order valence-corrected chi connectivity index (χ0v) is 12.9. The van der Waals surface area contributed by atoms with Gasteiger partial charge in [-0.25, -0.2) is 0 Å². The van der Waals surface area contributed by atoms with Crippen LogP contribution in [0.5, 0.6) is 0 Å². The van der Waals surface area contributed by atoms with Crippen molar-refractivity contribution < 1.29 is 14.3 Å². The number of carbonyl (C=O) groups is 2. The standard InChI is InChI=1S/C16H19N3O3/c1-4-22-15(20)10-18-9-13(8-17)16(21)19-14-7-5-6-11(2)12(14)3/h5-7,9,18H,4,10H2,1-3H3,(H,19,21)/b13-9-. The quantitative estimate of drug-likeness (QED) is 0.475. The lowest BCUT2D eigenvalue weighted by atomic mass is 10.1. The van der Waals surface area contributed by atoms with Gasteiger partial charge in [-0.2, -0.15) is 5.26 Å². The average Bonchev–Trinajstić information content (AvgIpc) is 2.48. The van der Waals surface area contributed by atoms with Gasteiger partial charge in [-0.15, -0.1) is 0 Å². The summed E-state index contributed by atoms with van der Waals surface area (Å²) < 4.78 is 4.73. The van der Waals surface area contributed by atoms with E-state index >= 15 is 0 Å². The molecule has 0 fully saturated rings. The third kappa shape index (κ3) is 4.94. The van der Waals surface area contributed by atoms with E-state index in [2.05, 4.69) is 10.6 Å². The van der Waals surface area contributed by atoms with E-state index in [9.17, 15) is 9.59 Å². The van der Waals surface area contributed by atoms with Gasteiger partial charge in [-0.3, -0.25) is 9.59 Å². The summed E-state index contributed by atoms with van der Waals surface area (Å²) >= 11 is 0. The summed E-state index contributed by atoms with van der Waals surface area (Å²) in [5.41, 5.74) is 2.51. The smallest absolute Gasteiger partial charge is 0.325 e. The normalized spacial score (nSPS) is 10.5. The highest BCUT2D eigenvalue weighted by Gasteiger charge is 2.11. The maximum absolute atomic E-state index is 12.1. The molecule has 0 saturated carbocycles. The van der Waals surface area contributed by atoms with Gasteiger partial charge in [-0.1, -0.05) is 12.1 Å². The first-order valence-corrected chi connectivity index (χ1v) is 6.86. The van der Waals surface area contributed by atoms with E-state index in [1.807, 2.05) is 26.0 Å². The SMILES string of the molecule is CCOC(=O)CN/C=C(/C#N)C(=O)Nc1cccc(C)c1C. The molecule has 0 aliphatic heterocycles. The van der Waals surface area contributed by atoms with Crippen molar-refractivity contribution in [1.82, 2.24) is 5.32 Å². The number of hydrogen-bond donors (Lipinski definition) is 2. The van der Waals surface area contributed by atoms with Crippen molar-refractivity contribution in [2.24, 2.45) is 0 Å². The molecule has 0 heterocycles. The van der Waals surface area contributed by atoms with Crippen molar-refractivity contribution >= 4 is 17.6 Å². The highest BCUT2D eigenvalue weighted by Crippen LogP contribution is 2.18. The van der Waals surface area contributed by atoms with E-state index < -0.39 is 11.9 Å². The first-order valence-electron chi connectivity index (χ1n) is 6.86. The molecule has 1 rings (SSSR count). The number of nitrogens with zero attached hydrogens (tertiary/aromatic N) is 1. The Labute approximate surface area is 129 Å².